The lowest BCUT2D eigenvalue weighted by Crippen LogP contribution is -2.21. The van der Waals surface area contributed by atoms with Crippen molar-refractivity contribution >= 4 is 21.6 Å². The van der Waals surface area contributed by atoms with Crippen LogP contribution >= 0.6 is 11.3 Å². The quantitative estimate of drug-likeness (QED) is 0.731. The zero-order chi connectivity index (χ0) is 18.0. The first-order chi connectivity index (χ1) is 12.1. The Kier molecular flexibility index (Phi) is 5.06. The number of nitrogens with zero attached hydrogens (tertiary/aromatic N) is 2. The Hall–Kier alpha value is -2.38. The summed E-state index contributed by atoms with van der Waals surface area (Å²) in [5, 5.41) is 9.98. The van der Waals surface area contributed by atoms with Gasteiger partial charge in [-0.05, 0) is 36.6 Å². The molecule has 0 aliphatic rings. The van der Waals surface area contributed by atoms with E-state index in [1.54, 1.807) is 25.1 Å². The highest BCUT2D eigenvalue weighted by molar-refractivity contribution is 7.18. The first-order valence-electron chi connectivity index (χ1n) is 7.87. The van der Waals surface area contributed by atoms with Crippen LogP contribution in [-0.4, -0.2) is 28.9 Å². The van der Waals surface area contributed by atoms with E-state index in [0.29, 0.717) is 23.2 Å². The first kappa shape index (κ1) is 17.4. The van der Waals surface area contributed by atoms with Crippen LogP contribution in [0.25, 0.3) is 10.2 Å². The van der Waals surface area contributed by atoms with Crippen molar-refractivity contribution in [2.24, 2.45) is 0 Å². The molecular weight excluding hydrogens is 340 g/mol. The normalized spacial score (nSPS) is 11.0. The van der Waals surface area contributed by atoms with E-state index in [4.69, 9.17) is 9.47 Å². The van der Waals surface area contributed by atoms with Gasteiger partial charge in [0.1, 0.15) is 16.3 Å². The molecule has 0 saturated carbocycles. The lowest BCUT2D eigenvalue weighted by Gasteiger charge is -2.09. The third kappa shape index (κ3) is 3.38. The summed E-state index contributed by atoms with van der Waals surface area (Å²) < 4.78 is 12.2. The van der Waals surface area contributed by atoms with Crippen molar-refractivity contribution in [1.29, 1.82) is 0 Å². The van der Waals surface area contributed by atoms with Crippen LogP contribution < -0.4 is 15.0 Å². The molecule has 0 spiro atoms. The van der Waals surface area contributed by atoms with Crippen LogP contribution in [0.15, 0.2) is 29.3 Å². The highest BCUT2D eigenvalue weighted by atomic mass is 32.1. The standard InChI is InChI=1S/C18H20N2O4S/c1-11-15(9-21)25-17-16(11)18(22)20(10-19-17)5-4-12-6-13(23-2)8-14(7-12)24-3/h6-8,10,21H,4-5,9H2,1-3H3. The monoisotopic (exact) mass is 360 g/mol. The van der Waals surface area contributed by atoms with Crippen molar-refractivity contribution in [2.75, 3.05) is 14.2 Å². The van der Waals surface area contributed by atoms with E-state index in [1.807, 2.05) is 25.1 Å². The van der Waals surface area contributed by atoms with E-state index in [0.717, 1.165) is 27.5 Å². The molecule has 2 aromatic heterocycles. The Balaban J connectivity index is 1.90. The summed E-state index contributed by atoms with van der Waals surface area (Å²) in [6, 6.07) is 5.67. The molecular formula is C18H20N2O4S. The number of methoxy groups -OCH3 is 2. The number of hydrogen-bond donors (Lipinski definition) is 1. The fraction of sp³-hybridized carbons (Fsp3) is 0.333. The number of benzene rings is 1. The van der Waals surface area contributed by atoms with Crippen LogP contribution in [-0.2, 0) is 19.6 Å². The molecule has 1 N–H and O–H groups in total. The molecule has 1 aromatic carbocycles. The fourth-order valence-corrected chi connectivity index (χ4v) is 3.77. The Morgan fingerprint density at radius 2 is 1.88 bits per heavy atom. The molecule has 0 fully saturated rings. The number of ether oxygens (including phenoxy) is 2. The maximum atomic E-state index is 12.7. The topological polar surface area (TPSA) is 73.6 Å². The summed E-state index contributed by atoms with van der Waals surface area (Å²) in [6.45, 7) is 2.28. The van der Waals surface area contributed by atoms with Gasteiger partial charge in [0.05, 0.1) is 32.5 Å². The highest BCUT2D eigenvalue weighted by Crippen LogP contribution is 2.27. The first-order valence-corrected chi connectivity index (χ1v) is 8.69. The smallest absolute Gasteiger partial charge is 0.262 e. The van der Waals surface area contributed by atoms with Crippen molar-refractivity contribution in [2.45, 2.75) is 26.5 Å². The minimum atomic E-state index is -0.0756. The largest absolute Gasteiger partial charge is 0.497 e. The average molecular weight is 360 g/mol. The molecule has 0 saturated heterocycles. The number of aryl methyl sites for hydroxylation is 3. The van der Waals surface area contributed by atoms with Gasteiger partial charge in [-0.2, -0.15) is 0 Å². The lowest BCUT2D eigenvalue weighted by atomic mass is 10.1. The Morgan fingerprint density at radius 3 is 2.48 bits per heavy atom. The minimum absolute atomic E-state index is 0.0735. The number of aliphatic hydroxyl groups is 1. The number of aromatic nitrogens is 2. The van der Waals surface area contributed by atoms with Gasteiger partial charge < -0.3 is 14.6 Å². The van der Waals surface area contributed by atoms with Gasteiger partial charge in [-0.1, -0.05) is 0 Å². The molecule has 0 bridgehead atoms. The maximum Gasteiger partial charge on any atom is 0.262 e. The van der Waals surface area contributed by atoms with Crippen molar-refractivity contribution in [1.82, 2.24) is 9.55 Å². The Morgan fingerprint density at radius 1 is 1.20 bits per heavy atom. The highest BCUT2D eigenvalue weighted by Gasteiger charge is 2.14. The number of thiophene rings is 1. The summed E-state index contributed by atoms with van der Waals surface area (Å²) in [5.74, 6) is 1.44. The van der Waals surface area contributed by atoms with Gasteiger partial charge in [0, 0.05) is 17.5 Å². The zero-order valence-electron chi connectivity index (χ0n) is 14.4. The van der Waals surface area contributed by atoms with Gasteiger partial charge >= 0.3 is 0 Å². The molecule has 3 aromatic rings. The number of aliphatic hydroxyl groups excluding tert-OH is 1. The molecule has 0 amide bonds. The third-order valence-corrected chi connectivity index (χ3v) is 5.40. The predicted molar refractivity (Wildman–Crippen MR) is 97.8 cm³/mol. The van der Waals surface area contributed by atoms with Crippen LogP contribution in [0.5, 0.6) is 11.5 Å². The molecule has 6 nitrogen and oxygen atoms in total. The lowest BCUT2D eigenvalue weighted by molar-refractivity contribution is 0.285. The number of rotatable bonds is 6. The number of fused-ring (bicyclic) bond motifs is 1. The van der Waals surface area contributed by atoms with Crippen molar-refractivity contribution in [3.8, 4) is 11.5 Å². The van der Waals surface area contributed by atoms with Crippen LogP contribution in [0.2, 0.25) is 0 Å². The van der Waals surface area contributed by atoms with Crippen LogP contribution in [0.3, 0.4) is 0 Å². The summed E-state index contributed by atoms with van der Waals surface area (Å²) in [6.07, 6.45) is 2.22. The van der Waals surface area contributed by atoms with Crippen LogP contribution in [0.4, 0.5) is 0 Å². The van der Waals surface area contributed by atoms with Crippen LogP contribution in [0.1, 0.15) is 16.0 Å². The number of hydrogen-bond acceptors (Lipinski definition) is 6. The summed E-state index contributed by atoms with van der Waals surface area (Å²) >= 11 is 1.36. The minimum Gasteiger partial charge on any atom is -0.497 e. The van der Waals surface area contributed by atoms with Crippen molar-refractivity contribution < 1.29 is 14.6 Å². The third-order valence-electron chi connectivity index (χ3n) is 4.21. The van der Waals surface area contributed by atoms with Crippen molar-refractivity contribution in [3.05, 3.63) is 50.9 Å². The van der Waals surface area contributed by atoms with E-state index < -0.39 is 0 Å². The zero-order valence-corrected chi connectivity index (χ0v) is 15.2. The van der Waals surface area contributed by atoms with E-state index in [1.165, 1.54) is 11.3 Å². The SMILES string of the molecule is COc1cc(CCn2cnc3sc(CO)c(C)c3c2=O)cc(OC)c1. The molecule has 0 aliphatic carbocycles. The van der Waals surface area contributed by atoms with Gasteiger partial charge in [-0.3, -0.25) is 9.36 Å². The average Bonchev–Trinajstić information content (AvgIpc) is 2.97. The summed E-state index contributed by atoms with van der Waals surface area (Å²) in [7, 11) is 3.22. The fourth-order valence-electron chi connectivity index (χ4n) is 2.78. The predicted octanol–water partition coefficient (Wildman–Crippen LogP) is 2.52. The van der Waals surface area contributed by atoms with Gasteiger partial charge in [-0.25, -0.2) is 4.98 Å². The van der Waals surface area contributed by atoms with E-state index in [9.17, 15) is 9.90 Å². The molecule has 0 aliphatic heterocycles. The summed E-state index contributed by atoms with van der Waals surface area (Å²) in [4.78, 5) is 18.6. The molecule has 0 unspecified atom stereocenters. The van der Waals surface area contributed by atoms with E-state index in [-0.39, 0.29) is 12.2 Å². The van der Waals surface area contributed by atoms with E-state index >= 15 is 0 Å². The Bertz CT molecular complexity index is 939. The second kappa shape index (κ2) is 7.25. The molecule has 132 valence electrons. The Labute approximate surface area is 149 Å². The molecule has 2 heterocycles. The van der Waals surface area contributed by atoms with Crippen molar-refractivity contribution in [3.63, 3.8) is 0 Å². The van der Waals surface area contributed by atoms with E-state index in [2.05, 4.69) is 4.98 Å². The van der Waals surface area contributed by atoms with Gasteiger partial charge in [-0.15, -0.1) is 11.3 Å². The molecule has 0 atom stereocenters. The molecule has 25 heavy (non-hydrogen) atoms. The molecule has 3 rings (SSSR count). The van der Waals surface area contributed by atoms with Gasteiger partial charge in [0.2, 0.25) is 0 Å². The second-order valence-electron chi connectivity index (χ2n) is 5.70. The summed E-state index contributed by atoms with van der Waals surface area (Å²) in [5.41, 5.74) is 1.76. The molecule has 7 heteroatoms. The maximum absolute atomic E-state index is 12.7. The van der Waals surface area contributed by atoms with Gasteiger partial charge in [0.15, 0.2) is 0 Å². The van der Waals surface area contributed by atoms with Crippen LogP contribution in [0, 0.1) is 6.92 Å². The second-order valence-corrected chi connectivity index (χ2v) is 6.79. The van der Waals surface area contributed by atoms with Gasteiger partial charge in [0.25, 0.3) is 5.56 Å². The molecule has 0 radical (unpaired) electrons.